The Morgan fingerprint density at radius 1 is 0.950 bits per heavy atom. The third kappa shape index (κ3) is 12.9. The van der Waals surface area contributed by atoms with Crippen molar-refractivity contribution in [3.05, 3.63) is 14.9 Å². The molecule has 0 aromatic heterocycles. The molecule has 0 bridgehead atoms. The minimum Gasteiger partial charge on any atom is -0.396 e. The van der Waals surface area contributed by atoms with Gasteiger partial charge >= 0.3 is 17.1 Å². The molecular formula is C16H33FeIO2. The van der Waals surface area contributed by atoms with Gasteiger partial charge in [-0.05, 0) is 25.2 Å². The molecule has 4 heteroatoms. The van der Waals surface area contributed by atoms with Crippen molar-refractivity contribution in [2.24, 2.45) is 5.92 Å². The summed E-state index contributed by atoms with van der Waals surface area (Å²) in [5.41, 5.74) is 0. The van der Waals surface area contributed by atoms with Crippen LogP contribution in [-0.2, 0) is 21.8 Å². The average Bonchev–Trinajstić information content (AvgIpc) is 2.99. The van der Waals surface area contributed by atoms with Crippen LogP contribution in [0.2, 0.25) is 0 Å². The van der Waals surface area contributed by atoms with Crippen LogP contribution in [0, 0.1) is 20.8 Å². The molecule has 2 nitrogen and oxygen atoms in total. The van der Waals surface area contributed by atoms with Crippen LogP contribution < -0.4 is 0 Å². The van der Waals surface area contributed by atoms with Gasteiger partial charge in [-0.15, -0.1) is 0 Å². The molecule has 2 aliphatic carbocycles. The maximum Gasteiger partial charge on any atom is 2.00 e. The second kappa shape index (κ2) is 18.2. The minimum absolute atomic E-state index is 0. The monoisotopic (exact) mass is 440 g/mol. The maximum absolute atomic E-state index is 8.53. The number of halogens is 1. The van der Waals surface area contributed by atoms with Gasteiger partial charge in [0.15, 0.2) is 0 Å². The molecule has 20 heavy (non-hydrogen) atoms. The molecule has 0 heterocycles. The topological polar surface area (TPSA) is 29.5 Å². The number of alkyl halides is 1. The number of rotatable bonds is 5. The van der Waals surface area contributed by atoms with Crippen molar-refractivity contribution in [1.29, 1.82) is 0 Å². The van der Waals surface area contributed by atoms with Crippen LogP contribution in [0.25, 0.3) is 0 Å². The van der Waals surface area contributed by atoms with E-state index in [0.717, 1.165) is 29.5 Å². The minimum atomic E-state index is 0. The summed E-state index contributed by atoms with van der Waals surface area (Å²) in [5.74, 6) is 0.768. The predicted molar refractivity (Wildman–Crippen MR) is 93.6 cm³/mol. The average molecular weight is 440 g/mol. The number of hydrogen-bond donors (Lipinski definition) is 1. The van der Waals surface area contributed by atoms with Gasteiger partial charge < -0.3 is 24.7 Å². The SMILES string of the molecule is C1CCCC1.OCCCOCC1CCCC1I.[CH3-].[CH3-].[Fe+2]. The van der Waals surface area contributed by atoms with E-state index in [0.29, 0.717) is 0 Å². The Kier molecular flexibility index (Phi) is 23.8. The zero-order valence-electron chi connectivity index (χ0n) is 13.2. The van der Waals surface area contributed by atoms with Crippen molar-refractivity contribution in [3.63, 3.8) is 0 Å². The Labute approximate surface area is 151 Å². The maximum atomic E-state index is 8.53. The number of hydrogen-bond acceptors (Lipinski definition) is 2. The van der Waals surface area contributed by atoms with Crippen LogP contribution in [-0.4, -0.2) is 28.9 Å². The van der Waals surface area contributed by atoms with Crippen LogP contribution >= 0.6 is 22.6 Å². The van der Waals surface area contributed by atoms with Crippen LogP contribution in [0.4, 0.5) is 0 Å². The molecule has 124 valence electrons. The third-order valence-electron chi connectivity index (χ3n) is 3.60. The Hall–Kier alpha value is 1.17. The standard InChI is InChI=1S/C9H17IO2.C5H10.2CH3.Fe/c10-9-4-1-3-8(9)7-12-6-2-5-11;1-2-4-5-3-1;;;/h8-9,11H,1-7H2;1-5H2;2*1H3;/q;;2*-1;+2. The fourth-order valence-corrected chi connectivity index (χ4v) is 3.47. The summed E-state index contributed by atoms with van der Waals surface area (Å²) in [5, 5.41) is 8.53. The summed E-state index contributed by atoms with van der Waals surface area (Å²) in [7, 11) is 0. The Balaban J connectivity index is -0.000000312. The Morgan fingerprint density at radius 2 is 1.50 bits per heavy atom. The zero-order chi connectivity index (χ0) is 12.3. The van der Waals surface area contributed by atoms with E-state index in [1.807, 2.05) is 0 Å². The molecule has 2 rings (SSSR count). The summed E-state index contributed by atoms with van der Waals surface area (Å²) in [4.78, 5) is 0. The van der Waals surface area contributed by atoms with Gasteiger partial charge in [0, 0.05) is 17.1 Å². The quantitative estimate of drug-likeness (QED) is 0.218. The van der Waals surface area contributed by atoms with Crippen molar-refractivity contribution in [2.75, 3.05) is 19.8 Å². The first-order chi connectivity index (χ1) is 8.34. The third-order valence-corrected chi connectivity index (χ3v) is 5.23. The second-order valence-electron chi connectivity index (χ2n) is 5.13. The van der Waals surface area contributed by atoms with E-state index in [4.69, 9.17) is 9.84 Å². The molecule has 0 aromatic carbocycles. The van der Waals surface area contributed by atoms with Gasteiger partial charge in [0.1, 0.15) is 0 Å². The molecule has 0 aliphatic heterocycles. The summed E-state index contributed by atoms with van der Waals surface area (Å²) in [6.07, 6.45) is 12.3. The van der Waals surface area contributed by atoms with E-state index in [1.54, 1.807) is 0 Å². The first-order valence-corrected chi connectivity index (χ1v) is 8.42. The summed E-state index contributed by atoms with van der Waals surface area (Å²) < 4.78 is 6.28. The van der Waals surface area contributed by atoms with Crippen LogP contribution in [0.1, 0.15) is 57.8 Å². The fraction of sp³-hybridized carbons (Fsp3) is 0.875. The molecule has 2 aliphatic rings. The smallest absolute Gasteiger partial charge is 0.396 e. The molecule has 0 radical (unpaired) electrons. The molecule has 2 saturated carbocycles. The van der Waals surface area contributed by atoms with Gasteiger partial charge in [-0.1, -0.05) is 61.1 Å². The van der Waals surface area contributed by atoms with E-state index < -0.39 is 0 Å². The van der Waals surface area contributed by atoms with E-state index in [1.165, 1.54) is 51.4 Å². The van der Waals surface area contributed by atoms with Crippen molar-refractivity contribution in [2.45, 2.75) is 61.7 Å². The number of aliphatic hydroxyl groups excluding tert-OH is 1. The molecule has 2 fully saturated rings. The largest absolute Gasteiger partial charge is 2.00 e. The summed E-state index contributed by atoms with van der Waals surface area (Å²) in [6.45, 7) is 1.86. The van der Waals surface area contributed by atoms with Crippen molar-refractivity contribution in [1.82, 2.24) is 0 Å². The van der Waals surface area contributed by atoms with E-state index >= 15 is 0 Å². The van der Waals surface area contributed by atoms with Gasteiger partial charge in [0.2, 0.25) is 0 Å². The number of ether oxygens (including phenoxy) is 1. The summed E-state index contributed by atoms with van der Waals surface area (Å²) >= 11 is 2.53. The van der Waals surface area contributed by atoms with Gasteiger partial charge in [-0.25, -0.2) is 0 Å². The molecule has 0 amide bonds. The van der Waals surface area contributed by atoms with Crippen molar-refractivity contribution < 1.29 is 26.9 Å². The fourth-order valence-electron chi connectivity index (χ4n) is 2.46. The van der Waals surface area contributed by atoms with Crippen LogP contribution in [0.5, 0.6) is 0 Å². The van der Waals surface area contributed by atoms with E-state index in [2.05, 4.69) is 22.6 Å². The number of aliphatic hydroxyl groups is 1. The molecule has 1 N–H and O–H groups in total. The van der Waals surface area contributed by atoms with Gasteiger partial charge in [0.25, 0.3) is 0 Å². The second-order valence-corrected chi connectivity index (χ2v) is 6.73. The van der Waals surface area contributed by atoms with Gasteiger partial charge in [-0.2, -0.15) is 0 Å². The van der Waals surface area contributed by atoms with Gasteiger partial charge in [-0.3, -0.25) is 0 Å². The van der Waals surface area contributed by atoms with E-state index in [-0.39, 0.29) is 38.5 Å². The molecular weight excluding hydrogens is 407 g/mol. The Morgan fingerprint density at radius 3 is 1.90 bits per heavy atom. The molecule has 0 aromatic rings. The van der Waals surface area contributed by atoms with Crippen LogP contribution in [0.3, 0.4) is 0 Å². The first kappa shape index (κ1) is 26.1. The summed E-state index contributed by atoms with van der Waals surface area (Å²) in [6, 6.07) is 0. The normalized spacial score (nSPS) is 23.7. The van der Waals surface area contributed by atoms with Crippen LogP contribution in [0.15, 0.2) is 0 Å². The van der Waals surface area contributed by atoms with Crippen molar-refractivity contribution in [3.8, 4) is 0 Å². The van der Waals surface area contributed by atoms with Crippen molar-refractivity contribution >= 4 is 22.6 Å². The molecule has 0 saturated heterocycles. The molecule has 2 unspecified atom stereocenters. The Bertz CT molecular complexity index is 170. The van der Waals surface area contributed by atoms with E-state index in [9.17, 15) is 0 Å². The zero-order valence-corrected chi connectivity index (χ0v) is 16.5. The molecule has 0 spiro atoms. The predicted octanol–water partition coefficient (Wildman–Crippen LogP) is 4.84. The van der Waals surface area contributed by atoms with Gasteiger partial charge in [0.05, 0.1) is 6.61 Å². The first-order valence-electron chi connectivity index (χ1n) is 7.17. The molecule has 2 atom stereocenters.